The molecule has 2 unspecified atom stereocenters. The van der Waals surface area contributed by atoms with Crippen LogP contribution in [0, 0.1) is 0 Å². The maximum absolute atomic E-state index is 11.1. The summed E-state index contributed by atoms with van der Waals surface area (Å²) in [5.74, 6) is -1.66. The van der Waals surface area contributed by atoms with Gasteiger partial charge in [0.15, 0.2) is 5.79 Å². The van der Waals surface area contributed by atoms with Crippen molar-refractivity contribution in [3.05, 3.63) is 23.8 Å². The number of methoxy groups -OCH3 is 1. The van der Waals surface area contributed by atoms with Gasteiger partial charge in [-0.1, -0.05) is 12.2 Å². The molecule has 0 bridgehead atoms. The van der Waals surface area contributed by atoms with Gasteiger partial charge in [0, 0.05) is 19.1 Å². The Morgan fingerprint density at radius 2 is 2.41 bits per heavy atom. The van der Waals surface area contributed by atoms with E-state index in [2.05, 4.69) is 0 Å². The summed E-state index contributed by atoms with van der Waals surface area (Å²) in [6.07, 6.45) is 4.01. The lowest BCUT2D eigenvalue weighted by atomic mass is 9.99. The van der Waals surface area contributed by atoms with Crippen LogP contribution in [0.25, 0.3) is 0 Å². The third-order valence-electron chi connectivity index (χ3n) is 2.48. The standard InChI is InChI=1S/C11H17NO5/c1-16-11(17-7-9(14)6-13)4-2-3-8(5-11)10(12)15/h2-4,9,13-14H,5-7H2,1H3,(H2,12,15). The number of hydrogen-bond acceptors (Lipinski definition) is 5. The quantitative estimate of drug-likeness (QED) is 0.523. The topological polar surface area (TPSA) is 102 Å². The van der Waals surface area contributed by atoms with E-state index in [1.165, 1.54) is 7.11 Å². The Balaban J connectivity index is 2.68. The fourth-order valence-electron chi connectivity index (χ4n) is 1.45. The summed E-state index contributed by atoms with van der Waals surface area (Å²) in [6.45, 7) is -0.497. The number of carbonyl (C=O) groups excluding carboxylic acids is 1. The highest BCUT2D eigenvalue weighted by molar-refractivity contribution is 5.92. The van der Waals surface area contributed by atoms with Crippen LogP contribution in [-0.4, -0.2) is 48.3 Å². The number of allylic oxidation sites excluding steroid dienone is 2. The molecule has 0 aliphatic heterocycles. The first-order chi connectivity index (χ1) is 8.03. The van der Waals surface area contributed by atoms with Gasteiger partial charge in [0.05, 0.1) is 13.2 Å². The molecule has 17 heavy (non-hydrogen) atoms. The fraction of sp³-hybridized carbons (Fsp3) is 0.545. The predicted octanol–water partition coefficient (Wildman–Crippen LogP) is -0.929. The van der Waals surface area contributed by atoms with Crippen molar-refractivity contribution in [2.75, 3.05) is 20.3 Å². The average Bonchev–Trinajstić information content (AvgIpc) is 2.36. The molecule has 6 heteroatoms. The lowest BCUT2D eigenvalue weighted by Crippen LogP contribution is -2.39. The molecular weight excluding hydrogens is 226 g/mol. The number of amides is 1. The first-order valence-corrected chi connectivity index (χ1v) is 5.19. The second-order valence-corrected chi connectivity index (χ2v) is 3.76. The lowest BCUT2D eigenvalue weighted by Gasteiger charge is -2.32. The smallest absolute Gasteiger partial charge is 0.244 e. The van der Waals surface area contributed by atoms with E-state index in [0.29, 0.717) is 5.57 Å². The molecule has 0 aromatic carbocycles. The number of nitrogens with two attached hydrogens (primary N) is 1. The number of aliphatic hydroxyl groups is 2. The number of hydrogen-bond donors (Lipinski definition) is 3. The Morgan fingerprint density at radius 1 is 1.71 bits per heavy atom. The molecule has 1 rings (SSSR count). The molecule has 6 nitrogen and oxygen atoms in total. The molecule has 96 valence electrons. The van der Waals surface area contributed by atoms with Crippen molar-refractivity contribution in [2.24, 2.45) is 5.73 Å². The highest BCUT2D eigenvalue weighted by atomic mass is 16.7. The zero-order valence-electron chi connectivity index (χ0n) is 9.63. The zero-order chi connectivity index (χ0) is 12.9. The molecule has 0 fully saturated rings. The maximum atomic E-state index is 11.1. The highest BCUT2D eigenvalue weighted by Gasteiger charge is 2.33. The van der Waals surface area contributed by atoms with Crippen molar-refractivity contribution < 1.29 is 24.5 Å². The molecule has 0 aromatic rings. The van der Waals surface area contributed by atoms with Gasteiger partial charge in [0.25, 0.3) is 0 Å². The second kappa shape index (κ2) is 5.92. The van der Waals surface area contributed by atoms with E-state index in [9.17, 15) is 9.90 Å². The number of aliphatic hydroxyl groups excluding tert-OH is 2. The number of primary amides is 1. The third kappa shape index (κ3) is 3.64. The largest absolute Gasteiger partial charge is 0.394 e. The van der Waals surface area contributed by atoms with Gasteiger partial charge >= 0.3 is 0 Å². The van der Waals surface area contributed by atoms with Crippen LogP contribution in [-0.2, 0) is 14.3 Å². The molecule has 0 spiro atoms. The summed E-state index contributed by atoms with van der Waals surface area (Å²) < 4.78 is 10.6. The minimum Gasteiger partial charge on any atom is -0.394 e. The van der Waals surface area contributed by atoms with Gasteiger partial charge in [0.2, 0.25) is 5.91 Å². The van der Waals surface area contributed by atoms with Crippen LogP contribution in [0.15, 0.2) is 23.8 Å². The molecule has 2 atom stereocenters. The summed E-state index contributed by atoms with van der Waals surface area (Å²) in [6, 6.07) is 0. The van der Waals surface area contributed by atoms with Gasteiger partial charge in [-0.05, 0) is 6.08 Å². The van der Waals surface area contributed by atoms with Crippen LogP contribution in [0.2, 0.25) is 0 Å². The van der Waals surface area contributed by atoms with Gasteiger partial charge in [-0.2, -0.15) is 0 Å². The van der Waals surface area contributed by atoms with Crippen molar-refractivity contribution in [2.45, 2.75) is 18.3 Å². The highest BCUT2D eigenvalue weighted by Crippen LogP contribution is 2.27. The van der Waals surface area contributed by atoms with Crippen LogP contribution in [0.4, 0.5) is 0 Å². The van der Waals surface area contributed by atoms with Gasteiger partial charge in [-0.25, -0.2) is 0 Å². The van der Waals surface area contributed by atoms with Crippen LogP contribution < -0.4 is 5.73 Å². The van der Waals surface area contributed by atoms with Crippen molar-refractivity contribution in [1.82, 2.24) is 0 Å². The van der Waals surface area contributed by atoms with E-state index in [1.54, 1.807) is 18.2 Å². The summed E-state index contributed by atoms with van der Waals surface area (Å²) in [4.78, 5) is 11.1. The van der Waals surface area contributed by atoms with Crippen molar-refractivity contribution >= 4 is 5.91 Å². The zero-order valence-corrected chi connectivity index (χ0v) is 9.63. The lowest BCUT2D eigenvalue weighted by molar-refractivity contribution is -0.202. The Morgan fingerprint density at radius 3 is 2.94 bits per heavy atom. The Kier molecular flexibility index (Phi) is 4.83. The molecule has 0 saturated heterocycles. The molecule has 1 aliphatic rings. The van der Waals surface area contributed by atoms with E-state index in [1.807, 2.05) is 0 Å². The van der Waals surface area contributed by atoms with E-state index in [0.717, 1.165) is 0 Å². The van der Waals surface area contributed by atoms with Crippen molar-refractivity contribution in [3.8, 4) is 0 Å². The molecule has 1 aliphatic carbocycles. The average molecular weight is 243 g/mol. The summed E-state index contributed by atoms with van der Waals surface area (Å²) >= 11 is 0. The number of ether oxygens (including phenoxy) is 2. The number of rotatable bonds is 6. The molecule has 0 aromatic heterocycles. The fourth-order valence-corrected chi connectivity index (χ4v) is 1.45. The molecule has 4 N–H and O–H groups in total. The molecule has 0 saturated carbocycles. The molecular formula is C11H17NO5. The summed E-state index contributed by atoms with van der Waals surface area (Å²) in [5.41, 5.74) is 5.57. The monoisotopic (exact) mass is 243 g/mol. The van der Waals surface area contributed by atoms with E-state index >= 15 is 0 Å². The van der Waals surface area contributed by atoms with Crippen LogP contribution in [0.3, 0.4) is 0 Å². The van der Waals surface area contributed by atoms with Gasteiger partial charge in [-0.3, -0.25) is 4.79 Å². The Bertz CT molecular complexity index is 339. The van der Waals surface area contributed by atoms with Crippen LogP contribution >= 0.6 is 0 Å². The van der Waals surface area contributed by atoms with Crippen molar-refractivity contribution in [1.29, 1.82) is 0 Å². The number of carbonyl (C=O) groups is 1. The second-order valence-electron chi connectivity index (χ2n) is 3.76. The van der Waals surface area contributed by atoms with Crippen LogP contribution in [0.5, 0.6) is 0 Å². The van der Waals surface area contributed by atoms with Crippen LogP contribution in [0.1, 0.15) is 6.42 Å². The maximum Gasteiger partial charge on any atom is 0.244 e. The van der Waals surface area contributed by atoms with E-state index < -0.39 is 24.4 Å². The van der Waals surface area contributed by atoms with Gasteiger partial charge in [0.1, 0.15) is 6.10 Å². The third-order valence-corrected chi connectivity index (χ3v) is 2.48. The summed E-state index contributed by atoms with van der Waals surface area (Å²) in [5, 5.41) is 17.9. The Hall–Kier alpha value is -1.21. The minimum atomic E-state index is -1.12. The molecule has 0 heterocycles. The van der Waals surface area contributed by atoms with Gasteiger partial charge < -0.3 is 25.4 Å². The normalized spacial score (nSPS) is 25.5. The van der Waals surface area contributed by atoms with E-state index in [-0.39, 0.29) is 13.0 Å². The molecule has 1 amide bonds. The van der Waals surface area contributed by atoms with Gasteiger partial charge in [-0.15, -0.1) is 0 Å². The minimum absolute atomic E-state index is 0.0965. The van der Waals surface area contributed by atoms with Crippen molar-refractivity contribution in [3.63, 3.8) is 0 Å². The SMILES string of the molecule is COC1(OCC(O)CO)C=CC=C(C(N)=O)C1. The molecule has 0 radical (unpaired) electrons. The summed E-state index contributed by atoms with van der Waals surface area (Å²) in [7, 11) is 1.43. The Labute approximate surface area is 99.3 Å². The first kappa shape index (κ1) is 13.9. The first-order valence-electron chi connectivity index (χ1n) is 5.19. The predicted molar refractivity (Wildman–Crippen MR) is 59.8 cm³/mol. The van der Waals surface area contributed by atoms with E-state index in [4.69, 9.17) is 20.3 Å².